The number of aliphatic hydroxyl groups is 1. The molecule has 0 radical (unpaired) electrons. The molecule has 6 nitrogen and oxygen atoms in total. The van der Waals surface area contributed by atoms with Crippen LogP contribution in [0.25, 0.3) is 0 Å². The molecule has 0 spiro atoms. The maximum atomic E-state index is 13.3. The van der Waals surface area contributed by atoms with Crippen LogP contribution < -0.4 is 15.4 Å². The van der Waals surface area contributed by atoms with Gasteiger partial charge in [-0.15, -0.1) is 0 Å². The summed E-state index contributed by atoms with van der Waals surface area (Å²) in [6.07, 6.45) is -4.67. The molecule has 0 aliphatic heterocycles. The number of alkyl halides is 3. The van der Waals surface area contributed by atoms with Crippen LogP contribution in [0.1, 0.15) is 11.1 Å². The van der Waals surface area contributed by atoms with Crippen LogP contribution in [0.3, 0.4) is 0 Å². The van der Waals surface area contributed by atoms with E-state index in [9.17, 15) is 18.0 Å². The number of nitrogens with one attached hydrogen (secondary N) is 2. The summed E-state index contributed by atoms with van der Waals surface area (Å²) in [6, 6.07) is 9.34. The molecule has 0 bridgehead atoms. The van der Waals surface area contributed by atoms with Gasteiger partial charge in [-0.05, 0) is 36.4 Å². The molecule has 0 unspecified atom stereocenters. The monoisotopic (exact) mass is 413 g/mol. The van der Waals surface area contributed by atoms with E-state index >= 15 is 0 Å². The van der Waals surface area contributed by atoms with E-state index in [2.05, 4.69) is 10.6 Å². The van der Waals surface area contributed by atoms with E-state index in [0.717, 1.165) is 12.1 Å². The van der Waals surface area contributed by atoms with E-state index in [4.69, 9.17) is 26.7 Å². The fourth-order valence-corrected chi connectivity index (χ4v) is 2.45. The Bertz CT molecular complexity index is 898. The van der Waals surface area contributed by atoms with Gasteiger partial charge in [-0.25, -0.2) is 0 Å². The van der Waals surface area contributed by atoms with Crippen LogP contribution in [0, 0.1) is 11.3 Å². The standard InChI is InChI=1S/C18H15ClF3N3O3/c19-15-7-12(2-1-11(15)9-23)25-17(27)10-24-16-4-3-13(28-6-5-26)8-14(16)18(20,21)22/h1-4,7-8,24,26H,5-6,10H2,(H,25,27). The molecule has 0 saturated heterocycles. The van der Waals surface area contributed by atoms with Crippen molar-refractivity contribution >= 4 is 28.9 Å². The number of nitrogens with zero attached hydrogens (tertiary/aromatic N) is 1. The fraction of sp³-hybridized carbons (Fsp3) is 0.222. The highest BCUT2D eigenvalue weighted by Crippen LogP contribution is 2.37. The number of hydrogen-bond donors (Lipinski definition) is 3. The molecule has 0 saturated carbocycles. The highest BCUT2D eigenvalue weighted by atomic mass is 35.5. The average Bonchev–Trinajstić information content (AvgIpc) is 2.64. The van der Waals surface area contributed by atoms with E-state index in [1.54, 1.807) is 0 Å². The van der Waals surface area contributed by atoms with Crippen molar-refractivity contribution in [1.82, 2.24) is 0 Å². The van der Waals surface area contributed by atoms with Gasteiger partial charge in [-0.2, -0.15) is 18.4 Å². The number of rotatable bonds is 7. The number of amides is 1. The third-order valence-corrected chi connectivity index (χ3v) is 3.78. The van der Waals surface area contributed by atoms with Crippen molar-refractivity contribution in [3.8, 4) is 11.8 Å². The topological polar surface area (TPSA) is 94.4 Å². The van der Waals surface area contributed by atoms with Crippen LogP contribution in [0.5, 0.6) is 5.75 Å². The Balaban J connectivity index is 2.07. The van der Waals surface area contributed by atoms with E-state index in [1.807, 2.05) is 6.07 Å². The Morgan fingerprint density at radius 2 is 2.00 bits per heavy atom. The van der Waals surface area contributed by atoms with Gasteiger partial charge in [-0.1, -0.05) is 11.6 Å². The van der Waals surface area contributed by atoms with Crippen LogP contribution in [0.15, 0.2) is 36.4 Å². The molecule has 2 aromatic carbocycles. The molecule has 28 heavy (non-hydrogen) atoms. The smallest absolute Gasteiger partial charge is 0.418 e. The van der Waals surface area contributed by atoms with Gasteiger partial charge in [0.15, 0.2) is 0 Å². The minimum atomic E-state index is -4.67. The Hall–Kier alpha value is -2.96. The Labute approximate surface area is 163 Å². The molecule has 0 aliphatic rings. The molecule has 0 heterocycles. The largest absolute Gasteiger partial charge is 0.491 e. The summed E-state index contributed by atoms with van der Waals surface area (Å²) in [6.45, 7) is -0.905. The number of benzene rings is 2. The third kappa shape index (κ3) is 5.77. The Morgan fingerprint density at radius 1 is 1.25 bits per heavy atom. The second-order valence-corrected chi connectivity index (χ2v) is 5.89. The average molecular weight is 414 g/mol. The number of carbonyl (C=O) groups is 1. The van der Waals surface area contributed by atoms with Crippen LogP contribution in [-0.4, -0.2) is 30.8 Å². The summed E-state index contributed by atoms with van der Waals surface area (Å²) in [5.41, 5.74) is -0.760. The lowest BCUT2D eigenvalue weighted by atomic mass is 10.1. The van der Waals surface area contributed by atoms with Gasteiger partial charge in [0, 0.05) is 11.4 Å². The highest BCUT2D eigenvalue weighted by Gasteiger charge is 2.34. The number of halogens is 4. The fourth-order valence-electron chi connectivity index (χ4n) is 2.23. The Morgan fingerprint density at radius 3 is 2.61 bits per heavy atom. The number of ether oxygens (including phenoxy) is 1. The van der Waals surface area contributed by atoms with Crippen molar-refractivity contribution in [1.29, 1.82) is 5.26 Å². The zero-order chi connectivity index (χ0) is 20.7. The van der Waals surface area contributed by atoms with E-state index in [0.29, 0.717) is 5.69 Å². The summed E-state index contributed by atoms with van der Waals surface area (Å²) >= 11 is 5.87. The van der Waals surface area contributed by atoms with E-state index in [-0.39, 0.29) is 35.2 Å². The second-order valence-electron chi connectivity index (χ2n) is 5.49. The third-order valence-electron chi connectivity index (χ3n) is 3.47. The normalized spacial score (nSPS) is 10.9. The molecule has 0 aliphatic carbocycles. The van der Waals surface area contributed by atoms with Gasteiger partial charge in [0.2, 0.25) is 5.91 Å². The first-order valence-electron chi connectivity index (χ1n) is 7.93. The van der Waals surface area contributed by atoms with Crippen molar-refractivity contribution in [2.45, 2.75) is 6.18 Å². The quantitative estimate of drug-likeness (QED) is 0.644. The molecular formula is C18H15ClF3N3O3. The maximum absolute atomic E-state index is 13.3. The van der Waals surface area contributed by atoms with Gasteiger partial charge in [0.1, 0.15) is 18.4 Å². The van der Waals surface area contributed by atoms with Crippen LogP contribution in [-0.2, 0) is 11.0 Å². The molecule has 3 N–H and O–H groups in total. The SMILES string of the molecule is N#Cc1ccc(NC(=O)CNc2ccc(OCCO)cc2C(F)(F)F)cc1Cl. The predicted molar refractivity (Wildman–Crippen MR) is 97.3 cm³/mol. The molecular weight excluding hydrogens is 399 g/mol. The minimum absolute atomic E-state index is 0.0522. The van der Waals surface area contributed by atoms with Crippen LogP contribution >= 0.6 is 11.6 Å². The van der Waals surface area contributed by atoms with Gasteiger partial charge < -0.3 is 20.5 Å². The molecule has 2 rings (SSSR count). The molecule has 2 aromatic rings. The molecule has 0 fully saturated rings. The highest BCUT2D eigenvalue weighted by molar-refractivity contribution is 6.32. The number of anilines is 2. The van der Waals surface area contributed by atoms with Crippen molar-refractivity contribution in [3.63, 3.8) is 0 Å². The maximum Gasteiger partial charge on any atom is 0.418 e. The van der Waals surface area contributed by atoms with Crippen molar-refractivity contribution < 1.29 is 27.8 Å². The lowest BCUT2D eigenvalue weighted by molar-refractivity contribution is -0.137. The van der Waals surface area contributed by atoms with Crippen molar-refractivity contribution in [2.24, 2.45) is 0 Å². The first-order valence-corrected chi connectivity index (χ1v) is 8.30. The number of carbonyl (C=O) groups excluding carboxylic acids is 1. The number of nitriles is 1. The van der Waals surface area contributed by atoms with Crippen LogP contribution in [0.2, 0.25) is 5.02 Å². The number of hydrogen-bond acceptors (Lipinski definition) is 5. The molecule has 0 atom stereocenters. The Kier molecular flexibility index (Phi) is 7.09. The van der Waals surface area contributed by atoms with Gasteiger partial charge >= 0.3 is 6.18 Å². The van der Waals surface area contributed by atoms with Gasteiger partial charge in [0.05, 0.1) is 29.3 Å². The van der Waals surface area contributed by atoms with E-state index in [1.165, 1.54) is 24.3 Å². The first-order chi connectivity index (χ1) is 13.2. The molecule has 148 valence electrons. The van der Waals surface area contributed by atoms with Gasteiger partial charge in [-0.3, -0.25) is 4.79 Å². The minimum Gasteiger partial charge on any atom is -0.491 e. The summed E-state index contributed by atoms with van der Waals surface area (Å²) in [7, 11) is 0. The molecule has 10 heteroatoms. The summed E-state index contributed by atoms with van der Waals surface area (Å²) in [5.74, 6) is -0.655. The first kappa shape index (κ1) is 21.3. The molecule has 0 aromatic heterocycles. The zero-order valence-corrected chi connectivity index (χ0v) is 15.1. The summed E-state index contributed by atoms with van der Waals surface area (Å²) < 4.78 is 44.7. The van der Waals surface area contributed by atoms with Crippen LogP contribution in [0.4, 0.5) is 24.5 Å². The van der Waals surface area contributed by atoms with Crippen molar-refractivity contribution in [2.75, 3.05) is 30.4 Å². The lowest BCUT2D eigenvalue weighted by Crippen LogP contribution is -2.23. The van der Waals surface area contributed by atoms with Crippen molar-refractivity contribution in [3.05, 3.63) is 52.5 Å². The predicted octanol–water partition coefficient (Wildman–Crippen LogP) is 3.65. The second kappa shape index (κ2) is 9.30. The molecule has 1 amide bonds. The number of aliphatic hydroxyl groups excluding tert-OH is 1. The summed E-state index contributed by atoms with van der Waals surface area (Å²) in [4.78, 5) is 12.0. The van der Waals surface area contributed by atoms with Gasteiger partial charge in [0.25, 0.3) is 0 Å². The summed E-state index contributed by atoms with van der Waals surface area (Å²) in [5, 5.41) is 22.6. The van der Waals surface area contributed by atoms with E-state index < -0.39 is 24.2 Å². The lowest BCUT2D eigenvalue weighted by Gasteiger charge is -2.16. The zero-order valence-electron chi connectivity index (χ0n) is 14.3.